The van der Waals surface area contributed by atoms with Gasteiger partial charge in [-0.15, -0.1) is 0 Å². The lowest BCUT2D eigenvalue weighted by Gasteiger charge is -2.16. The SMILES string of the molecule is Cc1cccc(NC(=O)COC(=O)c2c(-c3ccccc3)c3ccccc3c(=O)n2C)c1. The fraction of sp³-hybridized carbons (Fsp3) is 0.115. The van der Waals surface area contributed by atoms with Crippen LogP contribution in [-0.4, -0.2) is 23.1 Å². The number of aromatic nitrogens is 1. The summed E-state index contributed by atoms with van der Waals surface area (Å²) in [6, 6.07) is 23.8. The van der Waals surface area contributed by atoms with Crippen molar-refractivity contribution in [2.24, 2.45) is 7.05 Å². The largest absolute Gasteiger partial charge is 0.451 e. The zero-order valence-corrected chi connectivity index (χ0v) is 17.8. The number of amides is 1. The molecule has 1 heterocycles. The number of hydrogen-bond acceptors (Lipinski definition) is 4. The summed E-state index contributed by atoms with van der Waals surface area (Å²) in [6.07, 6.45) is 0. The van der Waals surface area contributed by atoms with Crippen LogP contribution in [0.3, 0.4) is 0 Å². The van der Waals surface area contributed by atoms with Crippen LogP contribution in [0.2, 0.25) is 0 Å². The number of nitrogens with zero attached hydrogens (tertiary/aromatic N) is 1. The van der Waals surface area contributed by atoms with Gasteiger partial charge in [0.2, 0.25) is 0 Å². The number of rotatable bonds is 5. The number of nitrogens with one attached hydrogen (secondary N) is 1. The molecule has 1 amide bonds. The van der Waals surface area contributed by atoms with E-state index in [-0.39, 0.29) is 11.3 Å². The molecule has 160 valence electrons. The molecule has 3 aromatic carbocycles. The number of hydrogen-bond donors (Lipinski definition) is 1. The fourth-order valence-corrected chi connectivity index (χ4v) is 3.72. The molecule has 0 aliphatic carbocycles. The summed E-state index contributed by atoms with van der Waals surface area (Å²) in [5, 5.41) is 3.86. The van der Waals surface area contributed by atoms with Crippen molar-refractivity contribution in [3.05, 3.63) is 100 Å². The zero-order valence-electron chi connectivity index (χ0n) is 17.8. The topological polar surface area (TPSA) is 77.4 Å². The van der Waals surface area contributed by atoms with Gasteiger partial charge in [-0.2, -0.15) is 0 Å². The van der Waals surface area contributed by atoms with Crippen LogP contribution in [0, 0.1) is 6.92 Å². The minimum atomic E-state index is -0.742. The number of aryl methyl sites for hydroxylation is 1. The third-order valence-corrected chi connectivity index (χ3v) is 5.20. The molecule has 0 saturated heterocycles. The Morgan fingerprint density at radius 2 is 1.59 bits per heavy atom. The van der Waals surface area contributed by atoms with E-state index in [1.807, 2.05) is 61.5 Å². The van der Waals surface area contributed by atoms with E-state index in [1.165, 1.54) is 11.6 Å². The van der Waals surface area contributed by atoms with Crippen molar-refractivity contribution < 1.29 is 14.3 Å². The quantitative estimate of drug-likeness (QED) is 0.483. The number of fused-ring (bicyclic) bond motifs is 1. The van der Waals surface area contributed by atoms with Gasteiger partial charge in [0.15, 0.2) is 6.61 Å². The van der Waals surface area contributed by atoms with Gasteiger partial charge in [0.1, 0.15) is 5.69 Å². The molecular formula is C26H22N2O4. The molecule has 1 N–H and O–H groups in total. The molecule has 0 radical (unpaired) electrons. The van der Waals surface area contributed by atoms with Gasteiger partial charge >= 0.3 is 5.97 Å². The third kappa shape index (κ3) is 4.16. The van der Waals surface area contributed by atoms with Crippen LogP contribution in [0.4, 0.5) is 5.69 Å². The Labute approximate surface area is 185 Å². The second-order valence-corrected chi connectivity index (χ2v) is 7.49. The Hall–Kier alpha value is -4.19. The number of benzene rings is 3. The van der Waals surface area contributed by atoms with E-state index in [2.05, 4.69) is 5.32 Å². The van der Waals surface area contributed by atoms with Gasteiger partial charge in [-0.05, 0) is 41.6 Å². The summed E-state index contributed by atoms with van der Waals surface area (Å²) in [5.74, 6) is -1.20. The van der Waals surface area contributed by atoms with Gasteiger partial charge in [0, 0.05) is 23.7 Å². The van der Waals surface area contributed by atoms with Crippen molar-refractivity contribution in [3.8, 4) is 11.1 Å². The fourth-order valence-electron chi connectivity index (χ4n) is 3.72. The van der Waals surface area contributed by atoms with E-state index >= 15 is 0 Å². The molecule has 0 aliphatic heterocycles. The normalized spacial score (nSPS) is 10.7. The van der Waals surface area contributed by atoms with E-state index in [0.29, 0.717) is 22.0 Å². The van der Waals surface area contributed by atoms with Crippen molar-refractivity contribution in [2.75, 3.05) is 11.9 Å². The van der Waals surface area contributed by atoms with Gasteiger partial charge in [-0.1, -0.05) is 60.7 Å². The van der Waals surface area contributed by atoms with E-state index in [1.54, 1.807) is 24.3 Å². The monoisotopic (exact) mass is 426 g/mol. The average Bonchev–Trinajstić information content (AvgIpc) is 2.80. The van der Waals surface area contributed by atoms with Crippen LogP contribution >= 0.6 is 0 Å². The lowest BCUT2D eigenvalue weighted by atomic mass is 9.97. The van der Waals surface area contributed by atoms with Gasteiger partial charge < -0.3 is 14.6 Å². The molecule has 6 nitrogen and oxygen atoms in total. The molecular weight excluding hydrogens is 404 g/mol. The average molecular weight is 426 g/mol. The Balaban J connectivity index is 1.69. The number of pyridine rings is 1. The Morgan fingerprint density at radius 1 is 0.906 bits per heavy atom. The predicted octanol–water partition coefficient (Wildman–Crippen LogP) is 4.31. The van der Waals surface area contributed by atoms with Crippen LogP contribution < -0.4 is 10.9 Å². The maximum Gasteiger partial charge on any atom is 0.356 e. The molecule has 0 fully saturated rings. The first-order valence-corrected chi connectivity index (χ1v) is 10.2. The van der Waals surface area contributed by atoms with E-state index in [9.17, 15) is 14.4 Å². The van der Waals surface area contributed by atoms with Gasteiger partial charge in [-0.3, -0.25) is 9.59 Å². The van der Waals surface area contributed by atoms with Crippen molar-refractivity contribution in [2.45, 2.75) is 6.92 Å². The summed E-state index contributed by atoms with van der Waals surface area (Å²) in [5.41, 5.74) is 2.77. The summed E-state index contributed by atoms with van der Waals surface area (Å²) >= 11 is 0. The number of carbonyl (C=O) groups excluding carboxylic acids is 2. The highest BCUT2D eigenvalue weighted by Gasteiger charge is 2.23. The molecule has 0 aliphatic rings. The standard InChI is InChI=1S/C26H22N2O4/c1-17-9-8-12-19(15-17)27-22(29)16-32-26(31)24-23(18-10-4-3-5-11-18)20-13-6-7-14-21(20)25(30)28(24)2/h3-15H,16H2,1-2H3,(H,27,29). The van der Waals surface area contributed by atoms with Crippen molar-refractivity contribution in [3.63, 3.8) is 0 Å². The predicted molar refractivity (Wildman–Crippen MR) is 125 cm³/mol. The Kier molecular flexibility index (Phi) is 5.85. The highest BCUT2D eigenvalue weighted by atomic mass is 16.5. The van der Waals surface area contributed by atoms with Crippen LogP contribution in [0.25, 0.3) is 21.9 Å². The molecule has 0 bridgehead atoms. The summed E-state index contributed by atoms with van der Waals surface area (Å²) in [6.45, 7) is 1.45. The molecule has 32 heavy (non-hydrogen) atoms. The maximum atomic E-state index is 13.1. The molecule has 1 aromatic heterocycles. The van der Waals surface area contributed by atoms with Crippen LogP contribution in [0.15, 0.2) is 83.7 Å². The summed E-state index contributed by atoms with van der Waals surface area (Å²) in [7, 11) is 1.53. The number of ether oxygens (including phenoxy) is 1. The second kappa shape index (κ2) is 8.89. The molecule has 4 aromatic rings. The number of esters is 1. The molecule has 0 spiro atoms. The number of anilines is 1. The van der Waals surface area contributed by atoms with Gasteiger partial charge in [0.05, 0.1) is 0 Å². The highest BCUT2D eigenvalue weighted by molar-refractivity contribution is 6.07. The van der Waals surface area contributed by atoms with Crippen LogP contribution in [0.1, 0.15) is 16.1 Å². The first kappa shape index (κ1) is 21.1. The first-order chi connectivity index (χ1) is 15.5. The van der Waals surface area contributed by atoms with Crippen LogP contribution in [-0.2, 0) is 16.6 Å². The van der Waals surface area contributed by atoms with Gasteiger partial charge in [-0.25, -0.2) is 4.79 Å². The van der Waals surface area contributed by atoms with Gasteiger partial charge in [0.25, 0.3) is 11.5 Å². The first-order valence-electron chi connectivity index (χ1n) is 10.2. The van der Waals surface area contributed by atoms with E-state index in [0.717, 1.165) is 11.1 Å². The Morgan fingerprint density at radius 3 is 2.31 bits per heavy atom. The minimum absolute atomic E-state index is 0.100. The Bertz CT molecular complexity index is 1370. The zero-order chi connectivity index (χ0) is 22.7. The van der Waals surface area contributed by atoms with E-state index < -0.39 is 18.5 Å². The number of carbonyl (C=O) groups is 2. The molecule has 0 atom stereocenters. The molecule has 6 heteroatoms. The third-order valence-electron chi connectivity index (χ3n) is 5.20. The molecule has 0 saturated carbocycles. The minimum Gasteiger partial charge on any atom is -0.451 e. The van der Waals surface area contributed by atoms with Crippen molar-refractivity contribution >= 4 is 28.3 Å². The highest BCUT2D eigenvalue weighted by Crippen LogP contribution is 2.30. The second-order valence-electron chi connectivity index (χ2n) is 7.49. The lowest BCUT2D eigenvalue weighted by Crippen LogP contribution is -2.28. The smallest absolute Gasteiger partial charge is 0.356 e. The molecule has 0 unspecified atom stereocenters. The molecule has 4 rings (SSSR count). The summed E-state index contributed by atoms with van der Waals surface area (Å²) in [4.78, 5) is 38.4. The summed E-state index contributed by atoms with van der Waals surface area (Å²) < 4.78 is 6.61. The van der Waals surface area contributed by atoms with Crippen molar-refractivity contribution in [1.29, 1.82) is 0 Å². The van der Waals surface area contributed by atoms with Crippen molar-refractivity contribution in [1.82, 2.24) is 4.57 Å². The van der Waals surface area contributed by atoms with E-state index in [4.69, 9.17) is 4.74 Å². The lowest BCUT2D eigenvalue weighted by molar-refractivity contribution is -0.119. The van der Waals surface area contributed by atoms with Crippen LogP contribution in [0.5, 0.6) is 0 Å². The maximum absolute atomic E-state index is 13.1.